The van der Waals surface area contributed by atoms with Crippen LogP contribution >= 0.6 is 0 Å². The number of nitriles is 1. The molecule has 0 amide bonds. The molecule has 2 N–H and O–H groups in total. The summed E-state index contributed by atoms with van der Waals surface area (Å²) >= 11 is 0. The average molecular weight is 202 g/mol. The molecule has 0 aromatic heterocycles. The third-order valence-corrected chi connectivity index (χ3v) is 1.55. The first kappa shape index (κ1) is 10.3. The van der Waals surface area contributed by atoms with Crippen molar-refractivity contribution in [2.45, 2.75) is 6.18 Å². The first-order valence-corrected chi connectivity index (χ1v) is 3.47. The van der Waals surface area contributed by atoms with Gasteiger partial charge in [0.2, 0.25) is 0 Å². The van der Waals surface area contributed by atoms with Gasteiger partial charge in [-0.15, -0.1) is 0 Å². The van der Waals surface area contributed by atoms with Crippen LogP contribution in [-0.2, 0) is 6.18 Å². The number of rotatable bonds is 1. The van der Waals surface area contributed by atoms with Gasteiger partial charge in [-0.05, 0) is 12.1 Å². The molecular weight excluding hydrogens is 197 g/mol. The maximum Gasteiger partial charge on any atom is 0.417 e. The van der Waals surface area contributed by atoms with Gasteiger partial charge in [0.15, 0.2) is 0 Å². The third-order valence-electron chi connectivity index (χ3n) is 1.55. The Morgan fingerprint density at radius 1 is 1.36 bits per heavy atom. The van der Waals surface area contributed by atoms with Crippen molar-refractivity contribution in [2.75, 3.05) is 0 Å². The van der Waals surface area contributed by atoms with E-state index in [2.05, 4.69) is 4.84 Å². The van der Waals surface area contributed by atoms with E-state index < -0.39 is 17.3 Å². The van der Waals surface area contributed by atoms with Crippen molar-refractivity contribution in [3.05, 3.63) is 29.3 Å². The maximum atomic E-state index is 12.2. The summed E-state index contributed by atoms with van der Waals surface area (Å²) in [5.41, 5.74) is -1.51. The summed E-state index contributed by atoms with van der Waals surface area (Å²) < 4.78 is 36.7. The van der Waals surface area contributed by atoms with Crippen LogP contribution < -0.4 is 10.7 Å². The van der Waals surface area contributed by atoms with Crippen molar-refractivity contribution >= 4 is 0 Å². The topological polar surface area (TPSA) is 59.0 Å². The van der Waals surface area contributed by atoms with E-state index in [9.17, 15) is 13.2 Å². The lowest BCUT2D eigenvalue weighted by molar-refractivity contribution is -0.137. The average Bonchev–Trinajstić information content (AvgIpc) is 2.15. The molecule has 0 bridgehead atoms. The second-order valence-corrected chi connectivity index (χ2v) is 2.43. The molecule has 1 aromatic carbocycles. The summed E-state index contributed by atoms with van der Waals surface area (Å²) in [5.74, 6) is 4.75. The van der Waals surface area contributed by atoms with Gasteiger partial charge in [0.25, 0.3) is 0 Å². The zero-order valence-corrected chi connectivity index (χ0v) is 6.80. The van der Waals surface area contributed by atoms with Crippen LogP contribution in [-0.4, -0.2) is 0 Å². The first-order valence-electron chi connectivity index (χ1n) is 3.47. The molecule has 0 aliphatic rings. The minimum atomic E-state index is -4.54. The number of nitrogens with two attached hydrogens (primary N) is 1. The molecule has 0 aliphatic carbocycles. The molecule has 0 atom stereocenters. The van der Waals surface area contributed by atoms with Gasteiger partial charge >= 0.3 is 6.18 Å². The summed E-state index contributed by atoms with van der Waals surface area (Å²) in [7, 11) is 0. The molecule has 0 spiro atoms. The quantitative estimate of drug-likeness (QED) is 0.706. The summed E-state index contributed by atoms with van der Waals surface area (Å²) in [5, 5.41) is 8.46. The van der Waals surface area contributed by atoms with Crippen molar-refractivity contribution in [3.63, 3.8) is 0 Å². The van der Waals surface area contributed by atoms with Gasteiger partial charge in [0.05, 0.1) is 17.2 Å². The van der Waals surface area contributed by atoms with Crippen LogP contribution in [0.5, 0.6) is 5.75 Å². The fourth-order valence-electron chi connectivity index (χ4n) is 0.936. The highest BCUT2D eigenvalue weighted by atomic mass is 19.4. The lowest BCUT2D eigenvalue weighted by Gasteiger charge is -2.08. The standard InChI is InChI=1S/C8H5F3N2O/c9-8(10,11)7-2-1-6(14-13)3-5(7)4-12/h1-3H,13H2. The van der Waals surface area contributed by atoms with E-state index in [1.807, 2.05) is 0 Å². The Bertz CT molecular complexity index is 381. The molecule has 3 nitrogen and oxygen atoms in total. The molecule has 1 rings (SSSR count). The normalized spacial score (nSPS) is 10.8. The molecule has 0 aliphatic heterocycles. The molecule has 0 radical (unpaired) electrons. The minimum Gasteiger partial charge on any atom is -0.411 e. The SMILES string of the molecule is N#Cc1cc(ON)ccc1C(F)(F)F. The summed E-state index contributed by atoms with van der Waals surface area (Å²) in [6, 6.07) is 4.15. The van der Waals surface area contributed by atoms with Crippen molar-refractivity contribution in [1.82, 2.24) is 0 Å². The fraction of sp³-hybridized carbons (Fsp3) is 0.125. The lowest BCUT2D eigenvalue weighted by Crippen LogP contribution is -2.09. The van der Waals surface area contributed by atoms with Crippen molar-refractivity contribution in [3.8, 4) is 11.8 Å². The second kappa shape index (κ2) is 3.55. The van der Waals surface area contributed by atoms with E-state index in [1.54, 1.807) is 0 Å². The van der Waals surface area contributed by atoms with Crippen LogP contribution in [0, 0.1) is 11.3 Å². The number of hydrogen-bond donors (Lipinski definition) is 1. The van der Waals surface area contributed by atoms with Crippen LogP contribution in [0.2, 0.25) is 0 Å². The van der Waals surface area contributed by atoms with Gasteiger partial charge in [-0.1, -0.05) is 0 Å². The number of nitrogens with zero attached hydrogens (tertiary/aromatic N) is 1. The van der Waals surface area contributed by atoms with E-state index in [-0.39, 0.29) is 5.75 Å². The minimum absolute atomic E-state index is 0.00884. The number of alkyl halides is 3. The molecular formula is C8H5F3N2O. The third kappa shape index (κ3) is 1.95. The highest BCUT2D eigenvalue weighted by Crippen LogP contribution is 2.33. The molecule has 14 heavy (non-hydrogen) atoms. The van der Waals surface area contributed by atoms with Crippen molar-refractivity contribution < 1.29 is 18.0 Å². The predicted molar refractivity (Wildman–Crippen MR) is 41.0 cm³/mol. The highest BCUT2D eigenvalue weighted by molar-refractivity contribution is 5.44. The van der Waals surface area contributed by atoms with Gasteiger partial charge in [-0.25, -0.2) is 0 Å². The Kier molecular flexibility index (Phi) is 2.63. The first-order chi connectivity index (χ1) is 6.49. The molecule has 0 unspecified atom stereocenters. The zero-order chi connectivity index (χ0) is 10.8. The Balaban J connectivity index is 3.28. The summed E-state index contributed by atoms with van der Waals surface area (Å²) in [6.45, 7) is 0. The Morgan fingerprint density at radius 2 is 2.00 bits per heavy atom. The number of halogens is 3. The van der Waals surface area contributed by atoms with E-state index in [1.165, 1.54) is 6.07 Å². The molecule has 6 heteroatoms. The van der Waals surface area contributed by atoms with Crippen LogP contribution in [0.3, 0.4) is 0 Å². The maximum absolute atomic E-state index is 12.2. The number of benzene rings is 1. The van der Waals surface area contributed by atoms with Gasteiger partial charge < -0.3 is 4.84 Å². The van der Waals surface area contributed by atoms with E-state index in [0.717, 1.165) is 18.2 Å². The smallest absolute Gasteiger partial charge is 0.411 e. The Hall–Kier alpha value is -1.74. The van der Waals surface area contributed by atoms with Gasteiger partial charge in [-0.3, -0.25) is 0 Å². The number of hydrogen-bond acceptors (Lipinski definition) is 3. The molecule has 0 saturated carbocycles. The predicted octanol–water partition coefficient (Wildman–Crippen LogP) is 1.83. The fourth-order valence-corrected chi connectivity index (χ4v) is 0.936. The summed E-state index contributed by atoms with van der Waals surface area (Å²) in [6.07, 6.45) is -4.54. The Labute approximate surface area is 77.5 Å². The molecule has 0 heterocycles. The van der Waals surface area contributed by atoms with E-state index >= 15 is 0 Å². The van der Waals surface area contributed by atoms with Gasteiger partial charge in [-0.2, -0.15) is 24.3 Å². The molecule has 0 saturated heterocycles. The van der Waals surface area contributed by atoms with Crippen LogP contribution in [0.25, 0.3) is 0 Å². The van der Waals surface area contributed by atoms with E-state index in [0.29, 0.717) is 0 Å². The lowest BCUT2D eigenvalue weighted by atomic mass is 10.1. The van der Waals surface area contributed by atoms with Crippen LogP contribution in [0.15, 0.2) is 18.2 Å². The summed E-state index contributed by atoms with van der Waals surface area (Å²) in [4.78, 5) is 4.21. The van der Waals surface area contributed by atoms with E-state index in [4.69, 9.17) is 11.2 Å². The van der Waals surface area contributed by atoms with Gasteiger partial charge in [0, 0.05) is 6.07 Å². The van der Waals surface area contributed by atoms with Gasteiger partial charge in [0.1, 0.15) is 5.75 Å². The molecule has 74 valence electrons. The molecule has 0 fully saturated rings. The zero-order valence-electron chi connectivity index (χ0n) is 6.80. The highest BCUT2D eigenvalue weighted by Gasteiger charge is 2.33. The Morgan fingerprint density at radius 3 is 2.43 bits per heavy atom. The van der Waals surface area contributed by atoms with Crippen molar-refractivity contribution in [2.24, 2.45) is 5.90 Å². The van der Waals surface area contributed by atoms with Crippen LogP contribution in [0.4, 0.5) is 13.2 Å². The largest absolute Gasteiger partial charge is 0.417 e. The van der Waals surface area contributed by atoms with Crippen LogP contribution in [0.1, 0.15) is 11.1 Å². The monoisotopic (exact) mass is 202 g/mol. The second-order valence-electron chi connectivity index (χ2n) is 2.43. The molecule has 1 aromatic rings. The van der Waals surface area contributed by atoms with Crippen molar-refractivity contribution in [1.29, 1.82) is 5.26 Å².